The van der Waals surface area contributed by atoms with Crippen LogP contribution in [-0.4, -0.2) is 6.54 Å². The number of halogens is 1. The lowest BCUT2D eigenvalue weighted by Crippen LogP contribution is -2.25. The first-order valence-corrected chi connectivity index (χ1v) is 8.02. The topological polar surface area (TPSA) is 12.0 Å². The third-order valence-corrected chi connectivity index (χ3v) is 4.54. The first kappa shape index (κ1) is 15.2. The largest absolute Gasteiger partial charge is 0.309 e. The van der Waals surface area contributed by atoms with Gasteiger partial charge in [-0.3, -0.25) is 0 Å². The Hall–Kier alpha value is -1.19. The summed E-state index contributed by atoms with van der Waals surface area (Å²) in [7, 11) is 0. The summed E-state index contributed by atoms with van der Waals surface area (Å²) in [5.41, 5.74) is 0.958. The summed E-state index contributed by atoms with van der Waals surface area (Å²) >= 11 is 1.75. The van der Waals surface area contributed by atoms with Crippen LogP contribution in [-0.2, 0) is 0 Å². The first-order valence-electron chi connectivity index (χ1n) is 7.21. The van der Waals surface area contributed by atoms with Crippen LogP contribution >= 0.6 is 11.3 Å². The van der Waals surface area contributed by atoms with Crippen molar-refractivity contribution in [1.29, 1.82) is 0 Å². The minimum Gasteiger partial charge on any atom is -0.309 e. The van der Waals surface area contributed by atoms with Gasteiger partial charge in [0, 0.05) is 15.8 Å². The van der Waals surface area contributed by atoms with Crippen LogP contribution < -0.4 is 5.32 Å². The summed E-state index contributed by atoms with van der Waals surface area (Å²) in [6.07, 6.45) is 1.13. The molecule has 1 unspecified atom stereocenters. The van der Waals surface area contributed by atoms with Gasteiger partial charge >= 0.3 is 0 Å². The molecule has 0 radical (unpaired) electrons. The van der Waals surface area contributed by atoms with Crippen molar-refractivity contribution in [3.63, 3.8) is 0 Å². The molecule has 1 aromatic heterocycles. The molecular formula is C17H22FNS. The highest BCUT2D eigenvalue weighted by Gasteiger charge is 2.17. The van der Waals surface area contributed by atoms with E-state index in [0.717, 1.165) is 23.4 Å². The SMILES string of the molecule is CCCNC(c1ccc(-c2cccc(F)c2)s1)C(C)C. The summed E-state index contributed by atoms with van der Waals surface area (Å²) in [6, 6.07) is 11.4. The van der Waals surface area contributed by atoms with E-state index in [-0.39, 0.29) is 5.82 Å². The van der Waals surface area contributed by atoms with Crippen LogP contribution in [0.1, 0.15) is 38.1 Å². The van der Waals surface area contributed by atoms with Crippen molar-refractivity contribution in [1.82, 2.24) is 5.32 Å². The zero-order valence-electron chi connectivity index (χ0n) is 12.3. The lowest BCUT2D eigenvalue weighted by molar-refractivity contribution is 0.418. The highest BCUT2D eigenvalue weighted by atomic mass is 32.1. The maximum atomic E-state index is 13.3. The third kappa shape index (κ3) is 3.68. The Morgan fingerprint density at radius 3 is 2.65 bits per heavy atom. The number of hydrogen-bond acceptors (Lipinski definition) is 2. The van der Waals surface area contributed by atoms with E-state index in [1.54, 1.807) is 23.5 Å². The molecule has 1 aromatic carbocycles. The van der Waals surface area contributed by atoms with Crippen molar-refractivity contribution in [3.8, 4) is 10.4 Å². The van der Waals surface area contributed by atoms with E-state index in [9.17, 15) is 4.39 Å². The van der Waals surface area contributed by atoms with Crippen LogP contribution in [0.15, 0.2) is 36.4 Å². The molecule has 0 aliphatic carbocycles. The van der Waals surface area contributed by atoms with Crippen molar-refractivity contribution >= 4 is 11.3 Å². The van der Waals surface area contributed by atoms with Gasteiger partial charge in [-0.2, -0.15) is 0 Å². The van der Waals surface area contributed by atoms with Crippen LogP contribution in [0.3, 0.4) is 0 Å². The van der Waals surface area contributed by atoms with Gasteiger partial charge in [0.25, 0.3) is 0 Å². The Morgan fingerprint density at radius 2 is 2.00 bits per heavy atom. The molecule has 1 nitrogen and oxygen atoms in total. The first-order chi connectivity index (χ1) is 9.61. The lowest BCUT2D eigenvalue weighted by Gasteiger charge is -2.20. The number of rotatable bonds is 6. The van der Waals surface area contributed by atoms with E-state index in [4.69, 9.17) is 0 Å². The average Bonchev–Trinajstić information content (AvgIpc) is 2.88. The molecule has 0 spiro atoms. The Morgan fingerprint density at radius 1 is 1.20 bits per heavy atom. The van der Waals surface area contributed by atoms with Gasteiger partial charge in [0.15, 0.2) is 0 Å². The highest BCUT2D eigenvalue weighted by Crippen LogP contribution is 2.34. The summed E-state index contributed by atoms with van der Waals surface area (Å²) in [6.45, 7) is 7.66. The highest BCUT2D eigenvalue weighted by molar-refractivity contribution is 7.15. The number of thiophene rings is 1. The number of hydrogen-bond donors (Lipinski definition) is 1. The summed E-state index contributed by atoms with van der Waals surface area (Å²) < 4.78 is 13.3. The van der Waals surface area contributed by atoms with Crippen molar-refractivity contribution in [2.24, 2.45) is 5.92 Å². The minimum absolute atomic E-state index is 0.179. The van der Waals surface area contributed by atoms with E-state index < -0.39 is 0 Å². The van der Waals surface area contributed by atoms with Crippen molar-refractivity contribution in [2.45, 2.75) is 33.2 Å². The molecule has 2 aromatic rings. The number of nitrogens with one attached hydrogen (secondary N) is 1. The lowest BCUT2D eigenvalue weighted by atomic mass is 10.0. The second-order valence-electron chi connectivity index (χ2n) is 5.39. The van der Waals surface area contributed by atoms with Crippen LogP contribution in [0.2, 0.25) is 0 Å². The van der Waals surface area contributed by atoms with Gasteiger partial charge in [-0.25, -0.2) is 4.39 Å². The molecule has 3 heteroatoms. The van der Waals surface area contributed by atoms with E-state index in [2.05, 4.69) is 38.2 Å². The quantitative estimate of drug-likeness (QED) is 0.766. The molecule has 1 N–H and O–H groups in total. The van der Waals surface area contributed by atoms with E-state index in [1.807, 2.05) is 6.07 Å². The standard InChI is InChI=1S/C17H22FNS/c1-4-10-19-17(12(2)3)16-9-8-15(20-16)13-6-5-7-14(18)11-13/h5-9,11-12,17,19H,4,10H2,1-3H3. The summed E-state index contributed by atoms with van der Waals surface area (Å²) in [5, 5.41) is 3.60. The monoisotopic (exact) mass is 291 g/mol. The van der Waals surface area contributed by atoms with Crippen LogP contribution in [0.25, 0.3) is 10.4 Å². The zero-order valence-corrected chi connectivity index (χ0v) is 13.1. The number of benzene rings is 1. The zero-order chi connectivity index (χ0) is 14.5. The van der Waals surface area contributed by atoms with E-state index in [0.29, 0.717) is 12.0 Å². The van der Waals surface area contributed by atoms with Gasteiger partial charge in [-0.05, 0) is 48.7 Å². The Balaban J connectivity index is 2.22. The minimum atomic E-state index is -0.179. The molecule has 0 saturated heterocycles. The molecule has 20 heavy (non-hydrogen) atoms. The second kappa shape index (κ2) is 7.00. The molecule has 0 fully saturated rings. The Labute approximate surface area is 124 Å². The molecule has 2 rings (SSSR count). The molecule has 1 atom stereocenters. The van der Waals surface area contributed by atoms with E-state index >= 15 is 0 Å². The molecular weight excluding hydrogens is 269 g/mol. The fraction of sp³-hybridized carbons (Fsp3) is 0.412. The Kier molecular flexibility index (Phi) is 5.32. The van der Waals surface area contributed by atoms with Crippen LogP contribution in [0.5, 0.6) is 0 Å². The predicted octanol–water partition coefficient (Wildman–Crippen LogP) is 5.25. The van der Waals surface area contributed by atoms with Crippen molar-refractivity contribution < 1.29 is 4.39 Å². The van der Waals surface area contributed by atoms with Crippen LogP contribution in [0, 0.1) is 11.7 Å². The predicted molar refractivity (Wildman–Crippen MR) is 85.6 cm³/mol. The van der Waals surface area contributed by atoms with Gasteiger partial charge in [0.05, 0.1) is 0 Å². The molecule has 1 heterocycles. The van der Waals surface area contributed by atoms with Gasteiger partial charge in [0.2, 0.25) is 0 Å². The average molecular weight is 291 g/mol. The molecule has 0 aliphatic heterocycles. The normalized spacial score (nSPS) is 12.8. The maximum Gasteiger partial charge on any atom is 0.123 e. The molecule has 0 amide bonds. The molecule has 108 valence electrons. The smallest absolute Gasteiger partial charge is 0.123 e. The summed E-state index contributed by atoms with van der Waals surface area (Å²) in [4.78, 5) is 2.45. The summed E-state index contributed by atoms with van der Waals surface area (Å²) in [5.74, 6) is 0.363. The molecule has 0 aliphatic rings. The second-order valence-corrected chi connectivity index (χ2v) is 6.50. The molecule has 0 bridgehead atoms. The molecule has 0 saturated carbocycles. The maximum absolute atomic E-state index is 13.3. The third-order valence-electron chi connectivity index (χ3n) is 3.32. The van der Waals surface area contributed by atoms with Crippen LogP contribution in [0.4, 0.5) is 4.39 Å². The van der Waals surface area contributed by atoms with Gasteiger partial charge in [-0.15, -0.1) is 11.3 Å². The van der Waals surface area contributed by atoms with Gasteiger partial charge in [0.1, 0.15) is 5.82 Å². The van der Waals surface area contributed by atoms with Crippen molar-refractivity contribution in [3.05, 3.63) is 47.1 Å². The Bertz CT molecular complexity index is 547. The van der Waals surface area contributed by atoms with Crippen molar-refractivity contribution in [2.75, 3.05) is 6.54 Å². The fourth-order valence-electron chi connectivity index (χ4n) is 2.28. The van der Waals surface area contributed by atoms with Gasteiger partial charge in [-0.1, -0.05) is 32.9 Å². The van der Waals surface area contributed by atoms with E-state index in [1.165, 1.54) is 10.9 Å². The van der Waals surface area contributed by atoms with Gasteiger partial charge < -0.3 is 5.32 Å². The fourth-order valence-corrected chi connectivity index (χ4v) is 3.53.